The second kappa shape index (κ2) is 7.92. The summed E-state index contributed by atoms with van der Waals surface area (Å²) in [7, 11) is 0. The van der Waals surface area contributed by atoms with Crippen LogP contribution in [0.3, 0.4) is 0 Å². The second-order valence-electron chi connectivity index (χ2n) is 6.71. The SMILES string of the molecule is CCOC(=O)c1nc(N2CCCCCC2)c2c(-c3ccc(F)cc3)noc2n1. The number of fused-ring (bicyclic) bond motifs is 1. The predicted molar refractivity (Wildman–Crippen MR) is 102 cm³/mol. The first kappa shape index (κ1) is 18.3. The third-order valence-corrected chi connectivity index (χ3v) is 4.80. The normalized spacial score (nSPS) is 14.9. The van der Waals surface area contributed by atoms with Gasteiger partial charge in [0.15, 0.2) is 0 Å². The Morgan fingerprint density at radius 2 is 1.86 bits per heavy atom. The van der Waals surface area contributed by atoms with Crippen molar-refractivity contribution in [2.24, 2.45) is 0 Å². The zero-order valence-corrected chi connectivity index (χ0v) is 15.7. The summed E-state index contributed by atoms with van der Waals surface area (Å²) < 4.78 is 23.8. The van der Waals surface area contributed by atoms with Gasteiger partial charge in [-0.3, -0.25) is 0 Å². The standard InChI is InChI=1S/C20H21FN4O3/c1-2-27-20(26)17-22-18(25-11-5-3-4-6-12-25)15-16(24-28-19(15)23-17)13-7-9-14(21)10-8-13/h7-10H,2-6,11-12H2,1H3. The topological polar surface area (TPSA) is 81.4 Å². The van der Waals surface area contributed by atoms with Crippen LogP contribution in [0.1, 0.15) is 43.2 Å². The number of carbonyl (C=O) groups is 1. The summed E-state index contributed by atoms with van der Waals surface area (Å²) in [6, 6.07) is 6.01. The average Bonchev–Trinajstić information content (AvgIpc) is 2.94. The Balaban J connectivity index is 1.88. The van der Waals surface area contributed by atoms with Gasteiger partial charge in [0.1, 0.15) is 22.7 Å². The first-order valence-corrected chi connectivity index (χ1v) is 9.53. The van der Waals surface area contributed by atoms with Crippen LogP contribution in [0.2, 0.25) is 0 Å². The number of carbonyl (C=O) groups excluding carboxylic acids is 1. The van der Waals surface area contributed by atoms with Crippen molar-refractivity contribution < 1.29 is 18.4 Å². The number of anilines is 1. The number of ether oxygens (including phenoxy) is 1. The van der Waals surface area contributed by atoms with E-state index < -0.39 is 5.97 Å². The lowest BCUT2D eigenvalue weighted by atomic mass is 10.1. The average molecular weight is 384 g/mol. The molecule has 3 heterocycles. The summed E-state index contributed by atoms with van der Waals surface area (Å²) >= 11 is 0. The number of halogens is 1. The highest BCUT2D eigenvalue weighted by Crippen LogP contribution is 2.34. The molecule has 0 atom stereocenters. The molecule has 0 unspecified atom stereocenters. The van der Waals surface area contributed by atoms with Gasteiger partial charge in [-0.1, -0.05) is 18.0 Å². The molecule has 1 aliphatic heterocycles. The van der Waals surface area contributed by atoms with Gasteiger partial charge >= 0.3 is 5.97 Å². The Hall–Kier alpha value is -3.03. The highest BCUT2D eigenvalue weighted by Gasteiger charge is 2.25. The minimum Gasteiger partial charge on any atom is -0.460 e. The zero-order chi connectivity index (χ0) is 19.5. The minimum absolute atomic E-state index is 0.0459. The van der Waals surface area contributed by atoms with Crippen LogP contribution in [-0.2, 0) is 4.74 Å². The molecule has 1 aliphatic rings. The van der Waals surface area contributed by atoms with Gasteiger partial charge in [-0.15, -0.1) is 0 Å². The molecule has 0 bridgehead atoms. The Bertz CT molecular complexity index is 979. The first-order valence-electron chi connectivity index (χ1n) is 9.53. The monoisotopic (exact) mass is 384 g/mol. The van der Waals surface area contributed by atoms with Crippen molar-refractivity contribution >= 4 is 22.9 Å². The molecule has 7 nitrogen and oxygen atoms in total. The molecule has 1 fully saturated rings. The summed E-state index contributed by atoms with van der Waals surface area (Å²) in [5.41, 5.74) is 1.45. The van der Waals surface area contributed by atoms with E-state index in [0.717, 1.165) is 38.8 Å². The molecule has 1 saturated heterocycles. The molecular formula is C20H21FN4O3. The van der Waals surface area contributed by atoms with E-state index in [0.29, 0.717) is 22.5 Å². The predicted octanol–water partition coefficient (Wildman–Crippen LogP) is 3.98. The molecule has 146 valence electrons. The molecule has 0 aliphatic carbocycles. The molecule has 0 N–H and O–H groups in total. The van der Waals surface area contributed by atoms with Gasteiger partial charge in [-0.05, 0) is 44.0 Å². The lowest BCUT2D eigenvalue weighted by molar-refractivity contribution is 0.0512. The third kappa shape index (κ3) is 3.54. The highest BCUT2D eigenvalue weighted by molar-refractivity contribution is 6.00. The van der Waals surface area contributed by atoms with E-state index in [1.54, 1.807) is 19.1 Å². The van der Waals surface area contributed by atoms with E-state index in [4.69, 9.17) is 9.26 Å². The van der Waals surface area contributed by atoms with Crippen molar-refractivity contribution in [1.29, 1.82) is 0 Å². The van der Waals surface area contributed by atoms with E-state index in [2.05, 4.69) is 20.0 Å². The fourth-order valence-electron chi connectivity index (χ4n) is 3.44. The van der Waals surface area contributed by atoms with Crippen molar-refractivity contribution in [2.45, 2.75) is 32.6 Å². The number of benzene rings is 1. The molecule has 0 saturated carbocycles. The van der Waals surface area contributed by atoms with Gasteiger partial charge in [0.2, 0.25) is 5.82 Å². The Kier molecular flexibility index (Phi) is 5.18. The maximum Gasteiger partial charge on any atom is 0.376 e. The van der Waals surface area contributed by atoms with Crippen LogP contribution in [0, 0.1) is 5.82 Å². The van der Waals surface area contributed by atoms with Crippen molar-refractivity contribution in [3.63, 3.8) is 0 Å². The van der Waals surface area contributed by atoms with E-state index >= 15 is 0 Å². The van der Waals surface area contributed by atoms with Crippen molar-refractivity contribution in [3.8, 4) is 11.3 Å². The molecule has 0 spiro atoms. The number of aromatic nitrogens is 3. The molecule has 28 heavy (non-hydrogen) atoms. The quantitative estimate of drug-likeness (QED) is 0.629. The smallest absolute Gasteiger partial charge is 0.376 e. The lowest BCUT2D eigenvalue weighted by Crippen LogP contribution is -2.26. The van der Waals surface area contributed by atoms with E-state index in [9.17, 15) is 9.18 Å². The van der Waals surface area contributed by atoms with E-state index in [1.807, 2.05) is 0 Å². The fraction of sp³-hybridized carbons (Fsp3) is 0.400. The molecule has 2 aromatic heterocycles. The summed E-state index contributed by atoms with van der Waals surface area (Å²) in [5.74, 6) is -0.365. The van der Waals surface area contributed by atoms with Crippen LogP contribution in [-0.4, -0.2) is 40.8 Å². The molecule has 0 radical (unpaired) electrons. The molecule has 8 heteroatoms. The van der Waals surface area contributed by atoms with Crippen LogP contribution in [0.5, 0.6) is 0 Å². The number of hydrogen-bond donors (Lipinski definition) is 0. The first-order chi connectivity index (χ1) is 13.7. The zero-order valence-electron chi connectivity index (χ0n) is 15.7. The summed E-state index contributed by atoms with van der Waals surface area (Å²) in [4.78, 5) is 23.1. The second-order valence-corrected chi connectivity index (χ2v) is 6.71. The maximum atomic E-state index is 13.3. The van der Waals surface area contributed by atoms with Crippen LogP contribution in [0.15, 0.2) is 28.8 Å². The lowest BCUT2D eigenvalue weighted by Gasteiger charge is -2.22. The molecule has 1 aromatic carbocycles. The largest absolute Gasteiger partial charge is 0.460 e. The maximum absolute atomic E-state index is 13.3. The number of nitrogens with zero attached hydrogens (tertiary/aromatic N) is 4. The van der Waals surface area contributed by atoms with Crippen molar-refractivity contribution in [3.05, 3.63) is 35.9 Å². The summed E-state index contributed by atoms with van der Waals surface area (Å²) in [5, 5.41) is 4.77. The van der Waals surface area contributed by atoms with Crippen molar-refractivity contribution in [2.75, 3.05) is 24.6 Å². The minimum atomic E-state index is -0.597. The molecule has 3 aromatic rings. The van der Waals surface area contributed by atoms with Crippen LogP contribution in [0.25, 0.3) is 22.4 Å². The fourth-order valence-corrected chi connectivity index (χ4v) is 3.44. The van der Waals surface area contributed by atoms with Gasteiger partial charge in [0, 0.05) is 18.7 Å². The molecule has 0 amide bonds. The van der Waals surface area contributed by atoms with Crippen LogP contribution < -0.4 is 4.90 Å². The van der Waals surface area contributed by atoms with Gasteiger partial charge in [-0.25, -0.2) is 14.2 Å². The van der Waals surface area contributed by atoms with Gasteiger partial charge in [0.25, 0.3) is 5.71 Å². The highest BCUT2D eigenvalue weighted by atomic mass is 19.1. The number of hydrogen-bond acceptors (Lipinski definition) is 7. The van der Waals surface area contributed by atoms with Crippen molar-refractivity contribution in [1.82, 2.24) is 15.1 Å². The Morgan fingerprint density at radius 3 is 2.54 bits per heavy atom. The Morgan fingerprint density at radius 1 is 1.14 bits per heavy atom. The molecule has 4 rings (SSSR count). The van der Waals surface area contributed by atoms with Crippen LogP contribution >= 0.6 is 0 Å². The summed E-state index contributed by atoms with van der Waals surface area (Å²) in [6.45, 7) is 3.61. The molecular weight excluding hydrogens is 363 g/mol. The van der Waals surface area contributed by atoms with Gasteiger partial charge in [-0.2, -0.15) is 4.98 Å². The third-order valence-electron chi connectivity index (χ3n) is 4.80. The van der Waals surface area contributed by atoms with Crippen LogP contribution in [0.4, 0.5) is 10.2 Å². The van der Waals surface area contributed by atoms with Gasteiger partial charge in [0.05, 0.1) is 6.61 Å². The van der Waals surface area contributed by atoms with E-state index in [-0.39, 0.29) is 24.0 Å². The van der Waals surface area contributed by atoms with Gasteiger partial charge < -0.3 is 14.2 Å². The number of esters is 1. The van der Waals surface area contributed by atoms with E-state index in [1.165, 1.54) is 12.1 Å². The number of rotatable bonds is 4. The summed E-state index contributed by atoms with van der Waals surface area (Å²) in [6.07, 6.45) is 4.39. The Labute approximate surface area is 161 Å².